The summed E-state index contributed by atoms with van der Waals surface area (Å²) in [5.41, 5.74) is 4.42. The first-order valence-corrected chi connectivity index (χ1v) is 5.03. The van der Waals surface area contributed by atoms with Crippen molar-refractivity contribution in [2.45, 2.75) is 18.6 Å². The Hall–Kier alpha value is -1.74. The minimum Gasteiger partial charge on any atom is -0.504 e. The number of phenolic OH excluding ortho intramolecular Hbond substituents is 1. The molecule has 6 nitrogen and oxygen atoms in total. The molecule has 0 saturated carbocycles. The van der Waals surface area contributed by atoms with E-state index in [9.17, 15) is 28.4 Å². The SMILES string of the molecule is COc1cc([N+](=O)[O-])cc([C@@H](N)CC(F)(F)F)c1O.Cl. The van der Waals surface area contributed by atoms with Crippen LogP contribution in [0.25, 0.3) is 0 Å². The van der Waals surface area contributed by atoms with E-state index < -0.39 is 35.0 Å². The number of nitrogens with two attached hydrogens (primary N) is 1. The Kier molecular flexibility index (Phi) is 6.04. The Morgan fingerprint density at radius 2 is 2.05 bits per heavy atom. The average Bonchev–Trinajstić information content (AvgIpc) is 2.26. The number of rotatable bonds is 4. The van der Waals surface area contributed by atoms with Crippen LogP contribution in [0.1, 0.15) is 18.0 Å². The molecule has 0 aliphatic heterocycles. The number of phenols is 1. The van der Waals surface area contributed by atoms with Crippen molar-refractivity contribution in [2.75, 3.05) is 7.11 Å². The van der Waals surface area contributed by atoms with Gasteiger partial charge in [0.15, 0.2) is 11.5 Å². The third kappa shape index (κ3) is 4.42. The largest absolute Gasteiger partial charge is 0.504 e. The third-order valence-corrected chi connectivity index (χ3v) is 2.37. The molecule has 10 heteroatoms. The van der Waals surface area contributed by atoms with E-state index in [0.29, 0.717) is 0 Å². The first-order valence-electron chi connectivity index (χ1n) is 5.03. The number of hydrogen-bond acceptors (Lipinski definition) is 5. The lowest BCUT2D eigenvalue weighted by molar-refractivity contribution is -0.385. The van der Waals surface area contributed by atoms with Crippen LogP contribution < -0.4 is 10.5 Å². The zero-order valence-corrected chi connectivity index (χ0v) is 11.0. The van der Waals surface area contributed by atoms with Crippen molar-refractivity contribution in [2.24, 2.45) is 5.73 Å². The number of halogens is 4. The average molecular weight is 317 g/mol. The van der Waals surface area contributed by atoms with E-state index in [0.717, 1.165) is 19.2 Å². The summed E-state index contributed by atoms with van der Waals surface area (Å²) in [6.07, 6.45) is -5.96. The highest BCUT2D eigenvalue weighted by atomic mass is 35.5. The van der Waals surface area contributed by atoms with Crippen molar-refractivity contribution in [1.82, 2.24) is 0 Å². The van der Waals surface area contributed by atoms with Crippen molar-refractivity contribution in [3.05, 3.63) is 27.8 Å². The van der Waals surface area contributed by atoms with Gasteiger partial charge in [0.1, 0.15) is 0 Å². The summed E-state index contributed by atoms with van der Waals surface area (Å²) >= 11 is 0. The highest BCUT2D eigenvalue weighted by molar-refractivity contribution is 5.85. The second-order valence-electron chi connectivity index (χ2n) is 3.77. The fourth-order valence-electron chi connectivity index (χ4n) is 1.52. The number of nitro benzene ring substituents is 1. The van der Waals surface area contributed by atoms with E-state index in [-0.39, 0.29) is 23.7 Å². The Morgan fingerprint density at radius 1 is 1.50 bits per heavy atom. The number of aromatic hydroxyl groups is 1. The van der Waals surface area contributed by atoms with Crippen LogP contribution >= 0.6 is 12.4 Å². The summed E-state index contributed by atoms with van der Waals surface area (Å²) in [4.78, 5) is 9.83. The van der Waals surface area contributed by atoms with E-state index in [1.807, 2.05) is 0 Å². The molecule has 0 unspecified atom stereocenters. The van der Waals surface area contributed by atoms with Crippen LogP contribution in [0.4, 0.5) is 18.9 Å². The highest BCUT2D eigenvalue weighted by Gasteiger charge is 2.33. The molecule has 114 valence electrons. The standard InChI is InChI=1S/C10H11F3N2O4.ClH/c1-19-8-3-5(15(17)18)2-6(9(8)16)7(14)4-10(11,12)13;/h2-3,7,16H,4,14H2,1H3;1H/t7-;/m0./s1. The number of alkyl halides is 3. The third-order valence-electron chi connectivity index (χ3n) is 2.37. The monoisotopic (exact) mass is 316 g/mol. The smallest absolute Gasteiger partial charge is 0.390 e. The molecule has 0 amide bonds. The van der Waals surface area contributed by atoms with Crippen molar-refractivity contribution < 1.29 is 27.9 Å². The van der Waals surface area contributed by atoms with Crippen molar-refractivity contribution in [1.29, 1.82) is 0 Å². The van der Waals surface area contributed by atoms with E-state index >= 15 is 0 Å². The first-order chi connectivity index (χ1) is 8.65. The minimum atomic E-state index is -4.55. The van der Waals surface area contributed by atoms with Gasteiger partial charge in [-0.05, 0) is 0 Å². The maximum Gasteiger partial charge on any atom is 0.390 e. The van der Waals surface area contributed by atoms with Gasteiger partial charge in [0.2, 0.25) is 0 Å². The number of nitro groups is 1. The lowest BCUT2D eigenvalue weighted by Crippen LogP contribution is -2.20. The van der Waals surface area contributed by atoms with E-state index in [4.69, 9.17) is 5.73 Å². The van der Waals surface area contributed by atoms with Crippen molar-refractivity contribution >= 4 is 18.1 Å². The number of non-ortho nitro benzene ring substituents is 1. The molecule has 0 saturated heterocycles. The molecular weight excluding hydrogens is 305 g/mol. The van der Waals surface area contributed by atoms with Gasteiger partial charge in [-0.3, -0.25) is 10.1 Å². The highest BCUT2D eigenvalue weighted by Crippen LogP contribution is 2.40. The maximum atomic E-state index is 12.2. The molecule has 0 aliphatic rings. The zero-order chi connectivity index (χ0) is 14.8. The molecule has 0 aromatic heterocycles. The van der Waals surface area contributed by atoms with Gasteiger partial charge in [0, 0.05) is 17.7 Å². The van der Waals surface area contributed by atoms with Crippen LogP contribution in [-0.4, -0.2) is 23.3 Å². The molecule has 0 spiro atoms. The lowest BCUT2D eigenvalue weighted by Gasteiger charge is -2.16. The number of hydrogen-bond donors (Lipinski definition) is 2. The zero-order valence-electron chi connectivity index (χ0n) is 10.2. The molecule has 0 fully saturated rings. The summed E-state index contributed by atoms with van der Waals surface area (Å²) in [5.74, 6) is -0.938. The predicted octanol–water partition coefficient (Wildman–Crippen LogP) is 2.68. The summed E-state index contributed by atoms with van der Waals surface area (Å²) in [7, 11) is 1.12. The Labute approximate surface area is 117 Å². The Balaban J connectivity index is 0.00000361. The molecule has 0 radical (unpaired) electrons. The van der Waals surface area contributed by atoms with Gasteiger partial charge >= 0.3 is 6.18 Å². The fourth-order valence-corrected chi connectivity index (χ4v) is 1.52. The first kappa shape index (κ1) is 18.3. The van der Waals surface area contributed by atoms with Crippen LogP contribution in [0.2, 0.25) is 0 Å². The molecule has 0 heterocycles. The van der Waals surface area contributed by atoms with Crippen molar-refractivity contribution in [3.63, 3.8) is 0 Å². The summed E-state index contributed by atoms with van der Waals surface area (Å²) in [5, 5.41) is 20.3. The van der Waals surface area contributed by atoms with Gasteiger partial charge in [-0.2, -0.15) is 13.2 Å². The van der Waals surface area contributed by atoms with Crippen LogP contribution in [0.15, 0.2) is 12.1 Å². The Bertz CT molecular complexity index is 496. The van der Waals surface area contributed by atoms with Gasteiger partial charge < -0.3 is 15.6 Å². The van der Waals surface area contributed by atoms with Crippen LogP contribution in [0.5, 0.6) is 11.5 Å². The number of methoxy groups -OCH3 is 1. The molecular formula is C10H12ClF3N2O4. The summed E-state index contributed by atoms with van der Waals surface area (Å²) in [6, 6.07) is 0.0849. The summed E-state index contributed by atoms with van der Waals surface area (Å²) in [6.45, 7) is 0. The van der Waals surface area contributed by atoms with E-state index in [1.165, 1.54) is 0 Å². The molecule has 1 atom stereocenters. The normalized spacial score (nSPS) is 12.4. The second-order valence-corrected chi connectivity index (χ2v) is 3.77. The molecule has 3 N–H and O–H groups in total. The Morgan fingerprint density at radius 3 is 2.45 bits per heavy atom. The molecule has 1 aromatic carbocycles. The number of benzene rings is 1. The summed E-state index contributed by atoms with van der Waals surface area (Å²) < 4.78 is 41.4. The molecule has 20 heavy (non-hydrogen) atoms. The molecule has 1 aromatic rings. The van der Waals surface area contributed by atoms with Gasteiger partial charge in [-0.25, -0.2) is 0 Å². The number of ether oxygens (including phenoxy) is 1. The van der Waals surface area contributed by atoms with Crippen LogP contribution in [-0.2, 0) is 0 Å². The number of nitrogens with zero attached hydrogens (tertiary/aromatic N) is 1. The van der Waals surface area contributed by atoms with Gasteiger partial charge in [-0.15, -0.1) is 12.4 Å². The van der Waals surface area contributed by atoms with Gasteiger partial charge in [0.25, 0.3) is 5.69 Å². The van der Waals surface area contributed by atoms with Crippen molar-refractivity contribution in [3.8, 4) is 11.5 Å². The fraction of sp³-hybridized carbons (Fsp3) is 0.400. The second kappa shape index (κ2) is 6.62. The van der Waals surface area contributed by atoms with E-state index in [2.05, 4.69) is 4.74 Å². The molecule has 0 aliphatic carbocycles. The quantitative estimate of drug-likeness (QED) is 0.657. The predicted molar refractivity (Wildman–Crippen MR) is 66.2 cm³/mol. The van der Waals surface area contributed by atoms with Gasteiger partial charge in [0.05, 0.1) is 24.5 Å². The maximum absolute atomic E-state index is 12.2. The minimum absolute atomic E-state index is 0. The van der Waals surface area contributed by atoms with Crippen LogP contribution in [0.3, 0.4) is 0 Å². The molecule has 1 rings (SSSR count). The van der Waals surface area contributed by atoms with Gasteiger partial charge in [-0.1, -0.05) is 0 Å². The van der Waals surface area contributed by atoms with E-state index in [1.54, 1.807) is 0 Å². The molecule has 0 bridgehead atoms. The lowest BCUT2D eigenvalue weighted by atomic mass is 10.0. The van der Waals surface area contributed by atoms with Crippen LogP contribution in [0, 0.1) is 10.1 Å². The topological polar surface area (TPSA) is 98.6 Å².